The van der Waals surface area contributed by atoms with Gasteiger partial charge in [-0.1, -0.05) is 0 Å². The minimum atomic E-state index is -0.739. The first kappa shape index (κ1) is 16.3. The molecular formula is C12H15ClFN3O3. The Morgan fingerprint density at radius 3 is 2.80 bits per heavy atom. The van der Waals surface area contributed by atoms with Crippen molar-refractivity contribution in [2.75, 3.05) is 20.1 Å². The van der Waals surface area contributed by atoms with Crippen molar-refractivity contribution >= 4 is 24.0 Å². The maximum atomic E-state index is 13.0. The number of rotatable bonds is 3. The number of amides is 1. The zero-order valence-corrected chi connectivity index (χ0v) is 11.7. The van der Waals surface area contributed by atoms with Crippen molar-refractivity contribution < 1.29 is 14.1 Å². The Morgan fingerprint density at radius 2 is 2.25 bits per heavy atom. The third-order valence-corrected chi connectivity index (χ3v) is 3.29. The van der Waals surface area contributed by atoms with Crippen LogP contribution in [0.25, 0.3) is 0 Å². The molecule has 0 spiro atoms. The molecule has 1 amide bonds. The van der Waals surface area contributed by atoms with E-state index < -0.39 is 22.3 Å². The van der Waals surface area contributed by atoms with Gasteiger partial charge in [0.15, 0.2) is 0 Å². The van der Waals surface area contributed by atoms with Crippen molar-refractivity contribution in [1.82, 2.24) is 10.2 Å². The third kappa shape index (κ3) is 3.23. The number of nitro groups is 1. The SMILES string of the molecule is CN(C(=O)c1ccc(F)cc1[N+](=O)[O-])C1CCNC1.Cl. The van der Waals surface area contributed by atoms with Gasteiger partial charge in [0.05, 0.1) is 11.0 Å². The monoisotopic (exact) mass is 303 g/mol. The Hall–Kier alpha value is -1.73. The van der Waals surface area contributed by atoms with E-state index in [4.69, 9.17) is 0 Å². The van der Waals surface area contributed by atoms with E-state index in [0.29, 0.717) is 6.54 Å². The Morgan fingerprint density at radius 1 is 1.55 bits per heavy atom. The molecule has 0 aliphatic carbocycles. The van der Waals surface area contributed by atoms with Crippen LogP contribution in [0.3, 0.4) is 0 Å². The first-order valence-corrected chi connectivity index (χ1v) is 5.92. The maximum Gasteiger partial charge on any atom is 0.285 e. The summed E-state index contributed by atoms with van der Waals surface area (Å²) in [7, 11) is 1.60. The van der Waals surface area contributed by atoms with E-state index in [1.54, 1.807) is 7.05 Å². The zero-order chi connectivity index (χ0) is 14.0. The molecule has 0 bridgehead atoms. The van der Waals surface area contributed by atoms with Gasteiger partial charge in [0.25, 0.3) is 11.6 Å². The lowest BCUT2D eigenvalue weighted by Gasteiger charge is -2.23. The lowest BCUT2D eigenvalue weighted by Crippen LogP contribution is -2.38. The molecule has 0 saturated carbocycles. The number of benzene rings is 1. The van der Waals surface area contributed by atoms with Crippen molar-refractivity contribution in [3.05, 3.63) is 39.7 Å². The molecule has 1 unspecified atom stereocenters. The van der Waals surface area contributed by atoms with Crippen LogP contribution >= 0.6 is 12.4 Å². The van der Waals surface area contributed by atoms with Gasteiger partial charge in [0.1, 0.15) is 11.4 Å². The lowest BCUT2D eigenvalue weighted by molar-refractivity contribution is -0.385. The van der Waals surface area contributed by atoms with Crippen LogP contribution in [-0.2, 0) is 0 Å². The fraction of sp³-hybridized carbons (Fsp3) is 0.417. The van der Waals surface area contributed by atoms with E-state index in [2.05, 4.69) is 5.32 Å². The summed E-state index contributed by atoms with van der Waals surface area (Å²) in [6.45, 7) is 1.48. The fourth-order valence-electron chi connectivity index (χ4n) is 2.16. The van der Waals surface area contributed by atoms with E-state index in [-0.39, 0.29) is 24.0 Å². The van der Waals surface area contributed by atoms with E-state index >= 15 is 0 Å². The maximum absolute atomic E-state index is 13.0. The number of carbonyl (C=O) groups is 1. The highest BCUT2D eigenvalue weighted by atomic mass is 35.5. The van der Waals surface area contributed by atoms with Crippen LogP contribution in [0.5, 0.6) is 0 Å². The summed E-state index contributed by atoms with van der Waals surface area (Å²) in [6.07, 6.45) is 0.803. The highest BCUT2D eigenvalue weighted by Crippen LogP contribution is 2.22. The van der Waals surface area contributed by atoms with E-state index in [9.17, 15) is 19.3 Å². The molecule has 2 rings (SSSR count). The minimum absolute atomic E-state index is 0. The van der Waals surface area contributed by atoms with Crippen molar-refractivity contribution in [3.63, 3.8) is 0 Å². The number of nitro benzene ring substituents is 1. The molecule has 8 heteroatoms. The van der Waals surface area contributed by atoms with E-state index in [1.807, 2.05) is 0 Å². The molecule has 1 aliphatic rings. The quantitative estimate of drug-likeness (QED) is 0.679. The summed E-state index contributed by atoms with van der Waals surface area (Å²) in [5, 5.41) is 14.0. The van der Waals surface area contributed by atoms with Crippen LogP contribution in [0.1, 0.15) is 16.8 Å². The molecule has 20 heavy (non-hydrogen) atoms. The molecule has 6 nitrogen and oxygen atoms in total. The lowest BCUT2D eigenvalue weighted by atomic mass is 10.1. The molecule has 1 fully saturated rings. The second-order valence-corrected chi connectivity index (χ2v) is 4.48. The highest BCUT2D eigenvalue weighted by Gasteiger charge is 2.28. The average Bonchev–Trinajstić information content (AvgIpc) is 2.90. The predicted octanol–water partition coefficient (Wildman–Crippen LogP) is 1.59. The van der Waals surface area contributed by atoms with E-state index in [0.717, 1.165) is 31.2 Å². The van der Waals surface area contributed by atoms with Crippen LogP contribution in [-0.4, -0.2) is 41.9 Å². The minimum Gasteiger partial charge on any atom is -0.337 e. The Balaban J connectivity index is 0.00000200. The first-order chi connectivity index (χ1) is 9.00. The van der Waals surface area contributed by atoms with Crippen molar-refractivity contribution in [2.45, 2.75) is 12.5 Å². The van der Waals surface area contributed by atoms with Crippen LogP contribution in [0.15, 0.2) is 18.2 Å². The van der Waals surface area contributed by atoms with Gasteiger partial charge in [0, 0.05) is 19.6 Å². The Labute approximate surface area is 121 Å². The van der Waals surface area contributed by atoms with Crippen LogP contribution in [0.4, 0.5) is 10.1 Å². The number of hydrogen-bond donors (Lipinski definition) is 1. The first-order valence-electron chi connectivity index (χ1n) is 5.92. The molecule has 1 aromatic carbocycles. The summed E-state index contributed by atoms with van der Waals surface area (Å²) < 4.78 is 13.0. The van der Waals surface area contributed by atoms with Gasteiger partial charge in [-0.15, -0.1) is 12.4 Å². The third-order valence-electron chi connectivity index (χ3n) is 3.29. The van der Waals surface area contributed by atoms with Crippen molar-refractivity contribution in [2.24, 2.45) is 0 Å². The van der Waals surface area contributed by atoms with Crippen LogP contribution in [0.2, 0.25) is 0 Å². The number of likely N-dealkylation sites (N-methyl/N-ethyl adjacent to an activating group) is 1. The molecule has 1 atom stereocenters. The molecule has 1 saturated heterocycles. The number of hydrogen-bond acceptors (Lipinski definition) is 4. The van der Waals surface area contributed by atoms with Gasteiger partial charge in [-0.3, -0.25) is 14.9 Å². The second kappa shape index (κ2) is 6.62. The number of halogens is 2. The topological polar surface area (TPSA) is 75.5 Å². The van der Waals surface area contributed by atoms with Gasteiger partial charge >= 0.3 is 0 Å². The van der Waals surface area contributed by atoms with Crippen LogP contribution < -0.4 is 5.32 Å². The molecule has 0 radical (unpaired) electrons. The Bertz CT molecular complexity index is 521. The Kier molecular flexibility index (Phi) is 5.41. The predicted molar refractivity (Wildman–Crippen MR) is 73.7 cm³/mol. The summed E-state index contributed by atoms with van der Waals surface area (Å²) in [5.74, 6) is -1.19. The largest absolute Gasteiger partial charge is 0.337 e. The molecule has 1 aromatic rings. The molecule has 0 aromatic heterocycles. The number of nitrogens with zero attached hydrogens (tertiary/aromatic N) is 2. The smallest absolute Gasteiger partial charge is 0.285 e. The number of carbonyl (C=O) groups excluding carboxylic acids is 1. The average molecular weight is 304 g/mol. The molecule has 1 heterocycles. The highest BCUT2D eigenvalue weighted by molar-refractivity contribution is 5.98. The summed E-state index contributed by atoms with van der Waals surface area (Å²) in [6, 6.07) is 3.00. The normalized spacial score (nSPS) is 17.4. The van der Waals surface area contributed by atoms with Gasteiger partial charge in [-0.05, 0) is 25.1 Å². The fourth-order valence-corrected chi connectivity index (χ4v) is 2.16. The molecule has 1 aliphatic heterocycles. The molecule has 110 valence electrons. The van der Waals surface area contributed by atoms with Crippen molar-refractivity contribution in [1.29, 1.82) is 0 Å². The van der Waals surface area contributed by atoms with Gasteiger partial charge in [-0.25, -0.2) is 4.39 Å². The summed E-state index contributed by atoms with van der Waals surface area (Å²) in [4.78, 5) is 23.9. The summed E-state index contributed by atoms with van der Waals surface area (Å²) >= 11 is 0. The zero-order valence-electron chi connectivity index (χ0n) is 10.8. The number of nitrogens with one attached hydrogen (secondary N) is 1. The van der Waals surface area contributed by atoms with Crippen LogP contribution in [0, 0.1) is 15.9 Å². The standard InChI is InChI=1S/C12H14FN3O3.ClH/c1-15(9-4-5-14-7-9)12(17)10-3-2-8(13)6-11(10)16(18)19;/h2-3,6,9,14H,4-5,7H2,1H3;1H. The second-order valence-electron chi connectivity index (χ2n) is 4.48. The van der Waals surface area contributed by atoms with E-state index in [1.165, 1.54) is 4.90 Å². The molecular weight excluding hydrogens is 289 g/mol. The van der Waals surface area contributed by atoms with Gasteiger partial charge in [-0.2, -0.15) is 0 Å². The summed E-state index contributed by atoms with van der Waals surface area (Å²) in [5.41, 5.74) is -0.580. The van der Waals surface area contributed by atoms with Gasteiger partial charge in [0.2, 0.25) is 0 Å². The van der Waals surface area contributed by atoms with Crippen molar-refractivity contribution in [3.8, 4) is 0 Å². The molecule has 1 N–H and O–H groups in total. The van der Waals surface area contributed by atoms with Gasteiger partial charge < -0.3 is 10.2 Å².